The average molecular weight is 241 g/mol. The van der Waals surface area contributed by atoms with Crippen LogP contribution >= 0.6 is 0 Å². The molecule has 0 bridgehead atoms. The zero-order chi connectivity index (χ0) is 12.5. The molecule has 94 valence electrons. The molecule has 1 atom stereocenters. The number of nitrogens with zero attached hydrogens (tertiary/aromatic N) is 1. The predicted octanol–water partition coefficient (Wildman–Crippen LogP) is 3.12. The number of benzene rings is 1. The first-order valence-electron chi connectivity index (χ1n) is 6.60. The first-order valence-corrected chi connectivity index (χ1v) is 6.60. The van der Waals surface area contributed by atoms with Crippen LogP contribution in [0.25, 0.3) is 11.3 Å². The highest BCUT2D eigenvalue weighted by Crippen LogP contribution is 2.27. The van der Waals surface area contributed by atoms with E-state index in [1.807, 2.05) is 0 Å². The summed E-state index contributed by atoms with van der Waals surface area (Å²) in [5.74, 6) is 0. The minimum Gasteiger partial charge on any atom is -0.309 e. The Labute approximate surface area is 108 Å². The quantitative estimate of drug-likeness (QED) is 0.848. The van der Waals surface area contributed by atoms with Gasteiger partial charge in [-0.2, -0.15) is 5.10 Å². The molecule has 2 aromatic rings. The van der Waals surface area contributed by atoms with Crippen molar-refractivity contribution in [2.45, 2.75) is 32.7 Å². The third-order valence-corrected chi connectivity index (χ3v) is 3.70. The second-order valence-corrected chi connectivity index (χ2v) is 5.18. The first-order chi connectivity index (χ1) is 8.74. The van der Waals surface area contributed by atoms with Crippen LogP contribution in [0.1, 0.15) is 35.7 Å². The number of rotatable bonds is 2. The highest BCUT2D eigenvalue weighted by Gasteiger charge is 2.18. The Morgan fingerprint density at radius 2 is 2.11 bits per heavy atom. The molecule has 0 radical (unpaired) electrons. The molecule has 2 heterocycles. The van der Waals surface area contributed by atoms with Crippen LogP contribution in [0, 0.1) is 13.8 Å². The average Bonchev–Trinajstić information content (AvgIpc) is 3.00. The standard InChI is InChI=1S/C15H19N3/c1-10-5-6-11(2)12(8-10)14-9-15(18-17-14)13-4-3-7-16-13/h5-6,8-9,13,16H,3-4,7H2,1-2H3,(H,17,18). The number of hydrogen-bond acceptors (Lipinski definition) is 2. The van der Waals surface area contributed by atoms with Gasteiger partial charge in [0.25, 0.3) is 0 Å². The van der Waals surface area contributed by atoms with Gasteiger partial charge in [-0.25, -0.2) is 0 Å². The monoisotopic (exact) mass is 241 g/mol. The number of aromatic amines is 1. The summed E-state index contributed by atoms with van der Waals surface area (Å²) in [6.07, 6.45) is 2.46. The number of nitrogens with one attached hydrogen (secondary N) is 2. The maximum absolute atomic E-state index is 4.47. The SMILES string of the molecule is Cc1ccc(C)c(-c2cc(C3CCCN3)[nH]n2)c1. The van der Waals surface area contributed by atoms with Gasteiger partial charge >= 0.3 is 0 Å². The zero-order valence-electron chi connectivity index (χ0n) is 11.0. The van der Waals surface area contributed by atoms with Gasteiger partial charge < -0.3 is 5.32 Å². The fourth-order valence-corrected chi connectivity index (χ4v) is 2.61. The summed E-state index contributed by atoms with van der Waals surface area (Å²) in [6, 6.07) is 9.15. The minimum absolute atomic E-state index is 0.455. The van der Waals surface area contributed by atoms with E-state index < -0.39 is 0 Å². The van der Waals surface area contributed by atoms with Gasteiger partial charge in [0.1, 0.15) is 0 Å². The molecule has 0 spiro atoms. The number of aryl methyl sites for hydroxylation is 2. The van der Waals surface area contributed by atoms with E-state index >= 15 is 0 Å². The molecule has 1 fully saturated rings. The molecule has 0 aliphatic carbocycles. The van der Waals surface area contributed by atoms with Crippen molar-refractivity contribution >= 4 is 0 Å². The van der Waals surface area contributed by atoms with Crippen LogP contribution in [0.4, 0.5) is 0 Å². The Bertz CT molecular complexity index is 551. The lowest BCUT2D eigenvalue weighted by atomic mass is 10.0. The molecule has 3 heteroatoms. The fourth-order valence-electron chi connectivity index (χ4n) is 2.61. The zero-order valence-corrected chi connectivity index (χ0v) is 11.0. The van der Waals surface area contributed by atoms with Crippen molar-refractivity contribution in [3.8, 4) is 11.3 Å². The molecule has 2 N–H and O–H groups in total. The van der Waals surface area contributed by atoms with Crippen molar-refractivity contribution in [1.29, 1.82) is 0 Å². The molecule has 3 nitrogen and oxygen atoms in total. The van der Waals surface area contributed by atoms with E-state index in [1.54, 1.807) is 0 Å². The van der Waals surface area contributed by atoms with Crippen molar-refractivity contribution in [1.82, 2.24) is 15.5 Å². The second-order valence-electron chi connectivity index (χ2n) is 5.18. The van der Waals surface area contributed by atoms with Gasteiger partial charge in [0.05, 0.1) is 11.4 Å². The van der Waals surface area contributed by atoms with Crippen LogP contribution in [-0.4, -0.2) is 16.7 Å². The van der Waals surface area contributed by atoms with E-state index in [1.165, 1.54) is 35.2 Å². The second kappa shape index (κ2) is 4.58. The normalized spacial score (nSPS) is 19.3. The van der Waals surface area contributed by atoms with Crippen molar-refractivity contribution in [2.24, 2.45) is 0 Å². The highest BCUT2D eigenvalue weighted by molar-refractivity contribution is 5.64. The number of H-pyrrole nitrogens is 1. The Morgan fingerprint density at radius 1 is 1.22 bits per heavy atom. The maximum Gasteiger partial charge on any atom is 0.0926 e. The molecular formula is C15H19N3. The van der Waals surface area contributed by atoms with E-state index in [2.05, 4.69) is 53.6 Å². The minimum atomic E-state index is 0.455. The molecule has 1 aromatic heterocycles. The summed E-state index contributed by atoms with van der Waals surface area (Å²) in [5, 5.41) is 11.1. The number of aromatic nitrogens is 2. The topological polar surface area (TPSA) is 40.7 Å². The summed E-state index contributed by atoms with van der Waals surface area (Å²) in [5.41, 5.74) is 6.05. The number of hydrogen-bond donors (Lipinski definition) is 2. The van der Waals surface area contributed by atoms with Gasteiger partial charge in [0.15, 0.2) is 0 Å². The van der Waals surface area contributed by atoms with Crippen molar-refractivity contribution in [3.05, 3.63) is 41.1 Å². The van der Waals surface area contributed by atoms with Crippen LogP contribution in [0.3, 0.4) is 0 Å². The van der Waals surface area contributed by atoms with E-state index in [0.717, 1.165) is 12.2 Å². The predicted molar refractivity (Wildman–Crippen MR) is 73.5 cm³/mol. The molecular weight excluding hydrogens is 222 g/mol. The third kappa shape index (κ3) is 2.06. The molecule has 1 aromatic carbocycles. The Morgan fingerprint density at radius 3 is 2.89 bits per heavy atom. The van der Waals surface area contributed by atoms with Crippen molar-refractivity contribution in [2.75, 3.05) is 6.54 Å². The van der Waals surface area contributed by atoms with Crippen molar-refractivity contribution in [3.63, 3.8) is 0 Å². The summed E-state index contributed by atoms with van der Waals surface area (Å²) >= 11 is 0. The highest BCUT2D eigenvalue weighted by atomic mass is 15.1. The lowest BCUT2D eigenvalue weighted by Crippen LogP contribution is -2.12. The Balaban J connectivity index is 1.94. The fraction of sp³-hybridized carbons (Fsp3) is 0.400. The van der Waals surface area contributed by atoms with Crippen LogP contribution in [-0.2, 0) is 0 Å². The maximum atomic E-state index is 4.47. The molecule has 1 unspecified atom stereocenters. The van der Waals surface area contributed by atoms with Gasteiger partial charge in [-0.05, 0) is 50.9 Å². The Hall–Kier alpha value is -1.61. The summed E-state index contributed by atoms with van der Waals surface area (Å²) in [4.78, 5) is 0. The molecule has 1 aliphatic heterocycles. The summed E-state index contributed by atoms with van der Waals surface area (Å²) in [7, 11) is 0. The first kappa shape index (κ1) is 11.5. The smallest absolute Gasteiger partial charge is 0.0926 e. The van der Waals surface area contributed by atoms with E-state index in [0.29, 0.717) is 6.04 Å². The van der Waals surface area contributed by atoms with Gasteiger partial charge in [-0.3, -0.25) is 5.10 Å². The largest absolute Gasteiger partial charge is 0.309 e. The van der Waals surface area contributed by atoms with Gasteiger partial charge in [-0.1, -0.05) is 17.7 Å². The van der Waals surface area contributed by atoms with Crippen LogP contribution < -0.4 is 5.32 Å². The van der Waals surface area contributed by atoms with E-state index in [4.69, 9.17) is 0 Å². The van der Waals surface area contributed by atoms with Crippen LogP contribution in [0.15, 0.2) is 24.3 Å². The van der Waals surface area contributed by atoms with E-state index in [-0.39, 0.29) is 0 Å². The molecule has 1 saturated heterocycles. The lowest BCUT2D eigenvalue weighted by molar-refractivity contribution is 0.625. The van der Waals surface area contributed by atoms with Crippen LogP contribution in [0.5, 0.6) is 0 Å². The molecule has 0 saturated carbocycles. The van der Waals surface area contributed by atoms with Gasteiger partial charge in [0, 0.05) is 11.6 Å². The van der Waals surface area contributed by atoms with Crippen LogP contribution in [0.2, 0.25) is 0 Å². The van der Waals surface area contributed by atoms with E-state index in [9.17, 15) is 0 Å². The van der Waals surface area contributed by atoms with Gasteiger partial charge in [0.2, 0.25) is 0 Å². The molecule has 1 aliphatic rings. The van der Waals surface area contributed by atoms with Gasteiger partial charge in [-0.15, -0.1) is 0 Å². The molecule has 3 rings (SSSR count). The summed E-state index contributed by atoms with van der Waals surface area (Å²) < 4.78 is 0. The molecule has 0 amide bonds. The third-order valence-electron chi connectivity index (χ3n) is 3.70. The summed E-state index contributed by atoms with van der Waals surface area (Å²) in [6.45, 7) is 5.37. The molecule has 18 heavy (non-hydrogen) atoms. The Kier molecular flexibility index (Phi) is 2.92. The van der Waals surface area contributed by atoms with Crippen molar-refractivity contribution < 1.29 is 0 Å². The lowest BCUT2D eigenvalue weighted by Gasteiger charge is -2.05.